The predicted octanol–water partition coefficient (Wildman–Crippen LogP) is 3.76. The monoisotopic (exact) mass is 261 g/mol. The van der Waals surface area contributed by atoms with Gasteiger partial charge in [0.1, 0.15) is 0 Å². The lowest BCUT2D eigenvalue weighted by Gasteiger charge is -2.31. The Balaban J connectivity index is 2.13. The molecule has 19 heavy (non-hydrogen) atoms. The van der Waals surface area contributed by atoms with Crippen LogP contribution >= 0.6 is 0 Å². The molecule has 0 saturated heterocycles. The summed E-state index contributed by atoms with van der Waals surface area (Å²) in [6.45, 7) is 6.28. The molecule has 0 radical (unpaired) electrons. The highest BCUT2D eigenvalue weighted by Gasteiger charge is 2.27. The Morgan fingerprint density at radius 3 is 3.05 bits per heavy atom. The maximum Gasteiger partial charge on any atom is 0.171 e. The third-order valence-electron chi connectivity index (χ3n) is 3.48. The van der Waals surface area contributed by atoms with E-state index in [0.717, 1.165) is 36.4 Å². The van der Waals surface area contributed by atoms with Crippen LogP contribution in [0.15, 0.2) is 47.7 Å². The fraction of sp³-hybridized carbons (Fsp3) is 0.500. The molecule has 0 saturated carbocycles. The summed E-state index contributed by atoms with van der Waals surface area (Å²) in [4.78, 5) is 0. The van der Waals surface area contributed by atoms with Crippen molar-refractivity contribution in [2.24, 2.45) is 11.7 Å². The van der Waals surface area contributed by atoms with Gasteiger partial charge in [-0.05, 0) is 31.4 Å². The van der Waals surface area contributed by atoms with Gasteiger partial charge in [0.05, 0.1) is 6.26 Å². The van der Waals surface area contributed by atoms with Crippen LogP contribution in [0.2, 0.25) is 0 Å². The fourth-order valence-electron chi connectivity index (χ4n) is 2.37. The average Bonchev–Trinajstić information content (AvgIpc) is 2.38. The zero-order valence-corrected chi connectivity index (χ0v) is 12.0. The van der Waals surface area contributed by atoms with E-state index in [0.29, 0.717) is 5.92 Å². The summed E-state index contributed by atoms with van der Waals surface area (Å²) in [5.74, 6) is 2.07. The van der Waals surface area contributed by atoms with Gasteiger partial charge in [-0.25, -0.2) is 0 Å². The van der Waals surface area contributed by atoms with Gasteiger partial charge in [0.15, 0.2) is 17.2 Å². The first-order chi connectivity index (χ1) is 9.02. The van der Waals surface area contributed by atoms with Gasteiger partial charge in [-0.3, -0.25) is 5.73 Å². The zero-order valence-electron chi connectivity index (χ0n) is 12.0. The third-order valence-corrected chi connectivity index (χ3v) is 3.48. The van der Waals surface area contributed by atoms with E-state index in [1.807, 2.05) is 25.2 Å². The molecule has 3 nitrogen and oxygen atoms in total. The van der Waals surface area contributed by atoms with E-state index in [9.17, 15) is 0 Å². The lowest BCUT2D eigenvalue weighted by Crippen LogP contribution is -2.41. The summed E-state index contributed by atoms with van der Waals surface area (Å²) in [7, 11) is 0. The minimum Gasteiger partial charge on any atom is -0.469 e. The third kappa shape index (κ3) is 3.51. The van der Waals surface area contributed by atoms with Crippen LogP contribution in [0.25, 0.3) is 0 Å². The van der Waals surface area contributed by atoms with E-state index < -0.39 is 5.72 Å². The lowest BCUT2D eigenvalue weighted by atomic mass is 9.97. The highest BCUT2D eigenvalue weighted by molar-refractivity contribution is 5.42. The number of nitrogens with two attached hydrogens (primary N) is 1. The van der Waals surface area contributed by atoms with Crippen molar-refractivity contribution in [1.29, 1.82) is 0 Å². The van der Waals surface area contributed by atoms with E-state index in [2.05, 4.69) is 19.9 Å². The molecular weight excluding hydrogens is 238 g/mol. The standard InChI is InChI=1S/C16H23NO2/c1-4-12(2)11-16(3,17)19-14-9-5-7-13-8-6-10-18-15(13)14/h5-6,8-10,12H,4,7,11,17H2,1-3H3. The molecule has 2 atom stereocenters. The van der Waals surface area contributed by atoms with Crippen molar-refractivity contribution in [1.82, 2.24) is 0 Å². The zero-order chi connectivity index (χ0) is 13.9. The van der Waals surface area contributed by atoms with Gasteiger partial charge in [0, 0.05) is 12.0 Å². The number of rotatable bonds is 5. The van der Waals surface area contributed by atoms with Crippen molar-refractivity contribution < 1.29 is 9.47 Å². The predicted molar refractivity (Wildman–Crippen MR) is 76.8 cm³/mol. The second-order valence-electron chi connectivity index (χ2n) is 5.57. The second-order valence-corrected chi connectivity index (χ2v) is 5.57. The molecule has 2 N–H and O–H groups in total. The number of allylic oxidation sites excluding steroid dienone is 5. The molecule has 1 heterocycles. The maximum atomic E-state index is 6.26. The molecule has 0 aromatic carbocycles. The van der Waals surface area contributed by atoms with Crippen LogP contribution in [0.5, 0.6) is 0 Å². The minimum atomic E-state index is -0.672. The van der Waals surface area contributed by atoms with E-state index in [-0.39, 0.29) is 0 Å². The van der Waals surface area contributed by atoms with Crippen molar-refractivity contribution in [2.75, 3.05) is 0 Å². The Morgan fingerprint density at radius 2 is 2.32 bits per heavy atom. The normalized spacial score (nSPS) is 22.2. The van der Waals surface area contributed by atoms with Crippen LogP contribution in [-0.4, -0.2) is 5.72 Å². The minimum absolute atomic E-state index is 0.537. The molecule has 1 aliphatic carbocycles. The van der Waals surface area contributed by atoms with E-state index in [1.54, 1.807) is 6.26 Å². The fourth-order valence-corrected chi connectivity index (χ4v) is 2.37. The second kappa shape index (κ2) is 5.66. The summed E-state index contributed by atoms with van der Waals surface area (Å²) in [6, 6.07) is 0. The molecule has 0 fully saturated rings. The van der Waals surface area contributed by atoms with Gasteiger partial charge in [-0.15, -0.1) is 0 Å². The van der Waals surface area contributed by atoms with Crippen LogP contribution in [0.4, 0.5) is 0 Å². The number of ether oxygens (including phenoxy) is 2. The van der Waals surface area contributed by atoms with Crippen molar-refractivity contribution >= 4 is 0 Å². The van der Waals surface area contributed by atoms with Crippen LogP contribution in [0.3, 0.4) is 0 Å². The van der Waals surface area contributed by atoms with Crippen LogP contribution in [-0.2, 0) is 9.47 Å². The SMILES string of the molecule is CCC(C)CC(C)(N)OC1=C2OC=CC=C2CC=C1. The molecule has 3 heteroatoms. The van der Waals surface area contributed by atoms with Gasteiger partial charge < -0.3 is 9.47 Å². The molecule has 2 aliphatic rings. The van der Waals surface area contributed by atoms with Gasteiger partial charge in [-0.1, -0.05) is 32.4 Å². The number of fused-ring (bicyclic) bond motifs is 1. The van der Waals surface area contributed by atoms with E-state index in [4.69, 9.17) is 15.2 Å². The molecule has 0 spiro atoms. The topological polar surface area (TPSA) is 44.5 Å². The average molecular weight is 261 g/mol. The quantitative estimate of drug-likeness (QED) is 0.766. The molecule has 2 rings (SSSR count). The molecule has 104 valence electrons. The van der Waals surface area contributed by atoms with Crippen molar-refractivity contribution in [3.05, 3.63) is 47.7 Å². The number of hydrogen-bond donors (Lipinski definition) is 1. The van der Waals surface area contributed by atoms with Gasteiger partial charge in [0.2, 0.25) is 0 Å². The lowest BCUT2D eigenvalue weighted by molar-refractivity contribution is 0.00390. The Hall–Kier alpha value is -1.48. The Labute approximate surface area is 115 Å². The Kier molecular flexibility index (Phi) is 4.15. The number of hydrogen-bond acceptors (Lipinski definition) is 3. The molecular formula is C16H23NO2. The summed E-state index contributed by atoms with van der Waals surface area (Å²) in [6.07, 6.45) is 12.4. The summed E-state index contributed by atoms with van der Waals surface area (Å²) in [5.41, 5.74) is 6.73. The van der Waals surface area contributed by atoms with E-state index >= 15 is 0 Å². The van der Waals surface area contributed by atoms with Crippen molar-refractivity contribution in [3.63, 3.8) is 0 Å². The maximum absolute atomic E-state index is 6.26. The van der Waals surface area contributed by atoms with Crippen molar-refractivity contribution in [3.8, 4) is 0 Å². The first kappa shape index (κ1) is 13.9. The van der Waals surface area contributed by atoms with Gasteiger partial charge in [-0.2, -0.15) is 0 Å². The molecule has 0 aromatic rings. The van der Waals surface area contributed by atoms with Gasteiger partial charge >= 0.3 is 0 Å². The molecule has 2 unspecified atom stereocenters. The molecule has 0 bridgehead atoms. The van der Waals surface area contributed by atoms with Crippen LogP contribution in [0.1, 0.15) is 40.0 Å². The van der Waals surface area contributed by atoms with E-state index in [1.165, 1.54) is 0 Å². The smallest absolute Gasteiger partial charge is 0.171 e. The summed E-state index contributed by atoms with van der Waals surface area (Å²) < 4.78 is 11.6. The first-order valence-electron chi connectivity index (χ1n) is 6.93. The van der Waals surface area contributed by atoms with Crippen LogP contribution < -0.4 is 5.73 Å². The largest absolute Gasteiger partial charge is 0.469 e. The van der Waals surface area contributed by atoms with Crippen LogP contribution in [0, 0.1) is 5.92 Å². The summed E-state index contributed by atoms with van der Waals surface area (Å²) in [5, 5.41) is 0. The molecule has 1 aliphatic heterocycles. The highest BCUT2D eigenvalue weighted by atomic mass is 16.5. The highest BCUT2D eigenvalue weighted by Crippen LogP contribution is 2.32. The molecule has 0 aromatic heterocycles. The van der Waals surface area contributed by atoms with Gasteiger partial charge in [0.25, 0.3) is 0 Å². The molecule has 0 amide bonds. The Morgan fingerprint density at radius 1 is 1.53 bits per heavy atom. The Bertz CT molecular complexity index is 455. The first-order valence-corrected chi connectivity index (χ1v) is 6.93. The summed E-state index contributed by atoms with van der Waals surface area (Å²) >= 11 is 0. The van der Waals surface area contributed by atoms with Crippen molar-refractivity contribution in [2.45, 2.75) is 45.8 Å².